The molecule has 7 rings (SSSR count). The number of amides is 1. The Bertz CT molecular complexity index is 1490. The summed E-state index contributed by atoms with van der Waals surface area (Å²) in [6.07, 6.45) is 6.11. The number of nitrogens with zero attached hydrogens (tertiary/aromatic N) is 2. The molecule has 2 aromatic rings. The third-order valence-corrected chi connectivity index (χ3v) is 10.4. The van der Waals surface area contributed by atoms with Crippen LogP contribution in [0.3, 0.4) is 0 Å². The Morgan fingerprint density at radius 1 is 1.14 bits per heavy atom. The first-order valence-corrected chi connectivity index (χ1v) is 16.0. The number of carbonyl (C=O) groups is 2. The molecule has 2 aliphatic heterocycles. The van der Waals surface area contributed by atoms with E-state index < -0.39 is 0 Å². The maximum absolute atomic E-state index is 13.9. The Labute approximate surface area is 254 Å². The van der Waals surface area contributed by atoms with Crippen molar-refractivity contribution in [2.24, 2.45) is 17.8 Å². The molecule has 7 nitrogen and oxygen atoms in total. The highest BCUT2D eigenvalue weighted by Crippen LogP contribution is 2.66. The van der Waals surface area contributed by atoms with Crippen LogP contribution in [0.1, 0.15) is 69.6 Å². The highest BCUT2D eigenvalue weighted by Gasteiger charge is 2.67. The lowest BCUT2D eigenvalue weighted by molar-refractivity contribution is -0.138. The van der Waals surface area contributed by atoms with Crippen molar-refractivity contribution in [3.63, 3.8) is 0 Å². The van der Waals surface area contributed by atoms with Gasteiger partial charge < -0.3 is 19.1 Å². The molecule has 0 unspecified atom stereocenters. The summed E-state index contributed by atoms with van der Waals surface area (Å²) in [6.45, 7) is 8.52. The molecule has 2 saturated carbocycles. The van der Waals surface area contributed by atoms with E-state index in [9.17, 15) is 9.59 Å². The number of ether oxygens (including phenoxy) is 3. The first-order chi connectivity index (χ1) is 20.8. The molecular formula is C36H42N2O5. The van der Waals surface area contributed by atoms with E-state index in [1.54, 1.807) is 7.11 Å². The SMILES string of the molecule is COc1cc(OC(C)=O)c2c3c1O[C@H]1[C@H](N(CC(C)C)C(=O)C#Cc4ccccc4)CC[C@H]4[C@@H](C2)N(CC2CC2)CC[C@@]341. The number of esters is 1. The van der Waals surface area contributed by atoms with E-state index in [0.717, 1.165) is 67.1 Å². The molecule has 2 heterocycles. The van der Waals surface area contributed by atoms with Crippen molar-refractivity contribution >= 4 is 11.9 Å². The maximum Gasteiger partial charge on any atom is 0.308 e. The molecule has 3 fully saturated rings. The second-order valence-corrected chi connectivity index (χ2v) is 13.6. The van der Waals surface area contributed by atoms with E-state index in [4.69, 9.17) is 14.2 Å². The fourth-order valence-electron chi connectivity index (χ4n) is 8.69. The quantitative estimate of drug-likeness (QED) is 0.261. The fourth-order valence-corrected chi connectivity index (χ4v) is 8.69. The van der Waals surface area contributed by atoms with E-state index >= 15 is 0 Å². The second-order valence-electron chi connectivity index (χ2n) is 13.6. The number of carbonyl (C=O) groups excluding carboxylic acids is 2. The molecule has 43 heavy (non-hydrogen) atoms. The van der Waals surface area contributed by atoms with Gasteiger partial charge in [-0.1, -0.05) is 38.0 Å². The summed E-state index contributed by atoms with van der Waals surface area (Å²) in [5, 5.41) is 0. The van der Waals surface area contributed by atoms with Crippen LogP contribution in [0.4, 0.5) is 0 Å². The summed E-state index contributed by atoms with van der Waals surface area (Å²) in [6, 6.07) is 11.8. The number of hydrogen-bond acceptors (Lipinski definition) is 6. The van der Waals surface area contributed by atoms with Gasteiger partial charge in [-0.3, -0.25) is 14.5 Å². The Kier molecular flexibility index (Phi) is 7.16. The van der Waals surface area contributed by atoms with Gasteiger partial charge in [-0.2, -0.15) is 0 Å². The van der Waals surface area contributed by atoms with Gasteiger partial charge in [0.05, 0.1) is 13.2 Å². The Morgan fingerprint density at radius 3 is 2.63 bits per heavy atom. The third kappa shape index (κ3) is 4.79. The van der Waals surface area contributed by atoms with Gasteiger partial charge in [0.25, 0.3) is 5.91 Å². The van der Waals surface area contributed by atoms with Crippen molar-refractivity contribution in [2.75, 3.05) is 26.7 Å². The van der Waals surface area contributed by atoms with Crippen molar-refractivity contribution in [1.82, 2.24) is 9.80 Å². The molecule has 2 bridgehead atoms. The average Bonchev–Trinajstić information content (AvgIpc) is 3.74. The van der Waals surface area contributed by atoms with Crippen molar-refractivity contribution in [1.29, 1.82) is 0 Å². The molecule has 0 aromatic heterocycles. The number of methoxy groups -OCH3 is 1. The smallest absolute Gasteiger partial charge is 0.308 e. The lowest BCUT2D eigenvalue weighted by Crippen LogP contribution is -2.69. The molecule has 226 valence electrons. The van der Waals surface area contributed by atoms with Crippen LogP contribution in [-0.4, -0.2) is 66.6 Å². The van der Waals surface area contributed by atoms with Crippen LogP contribution in [0.2, 0.25) is 0 Å². The molecule has 1 saturated heterocycles. The van der Waals surface area contributed by atoms with Gasteiger partial charge in [-0.25, -0.2) is 0 Å². The molecule has 1 amide bonds. The van der Waals surface area contributed by atoms with E-state index in [1.165, 1.54) is 19.8 Å². The average molecular weight is 583 g/mol. The summed E-state index contributed by atoms with van der Waals surface area (Å²) >= 11 is 0. The molecule has 7 heteroatoms. The third-order valence-electron chi connectivity index (χ3n) is 10.4. The number of rotatable bonds is 7. The van der Waals surface area contributed by atoms with Crippen molar-refractivity contribution in [3.05, 3.63) is 53.1 Å². The minimum absolute atomic E-state index is 0.118. The van der Waals surface area contributed by atoms with E-state index in [-0.39, 0.29) is 35.4 Å². The summed E-state index contributed by atoms with van der Waals surface area (Å²) in [4.78, 5) is 30.9. The van der Waals surface area contributed by atoms with Gasteiger partial charge in [-0.05, 0) is 75.0 Å². The lowest BCUT2D eigenvalue weighted by Gasteiger charge is -2.60. The molecule has 5 atom stereocenters. The Balaban J connectivity index is 1.33. The zero-order valence-electron chi connectivity index (χ0n) is 25.7. The molecule has 5 aliphatic rings. The van der Waals surface area contributed by atoms with Crippen molar-refractivity contribution < 1.29 is 23.8 Å². The second kappa shape index (κ2) is 10.9. The van der Waals surface area contributed by atoms with E-state index in [1.807, 2.05) is 41.3 Å². The number of piperidine rings is 1. The molecule has 3 aliphatic carbocycles. The van der Waals surface area contributed by atoms with Gasteiger partial charge in [0.15, 0.2) is 11.5 Å². The van der Waals surface area contributed by atoms with Crippen LogP contribution >= 0.6 is 0 Å². The summed E-state index contributed by atoms with van der Waals surface area (Å²) in [7, 11) is 1.64. The van der Waals surface area contributed by atoms with Crippen LogP contribution in [-0.2, 0) is 21.4 Å². The van der Waals surface area contributed by atoms with Crippen LogP contribution in [0.5, 0.6) is 17.2 Å². The van der Waals surface area contributed by atoms with Crippen molar-refractivity contribution in [2.45, 2.75) is 82.9 Å². The molecule has 0 N–H and O–H groups in total. The number of likely N-dealkylation sites (tertiary alicyclic amines) is 1. The van der Waals surface area contributed by atoms with Crippen LogP contribution < -0.4 is 14.2 Å². The van der Waals surface area contributed by atoms with Gasteiger partial charge in [0, 0.05) is 60.1 Å². The first kappa shape index (κ1) is 28.3. The predicted molar refractivity (Wildman–Crippen MR) is 163 cm³/mol. The van der Waals surface area contributed by atoms with E-state index in [0.29, 0.717) is 30.0 Å². The zero-order chi connectivity index (χ0) is 29.9. The minimum Gasteiger partial charge on any atom is -0.493 e. The standard InChI is InChI=1S/C36H42N2O5/c1-22(2)20-38(32(40)15-12-24-8-6-5-7-9-24)28-14-13-27-29-18-26-30(42-23(3)39)19-31(41-4)34-33(26)36(27,35(28)43-34)16-17-37(29)21-25-10-11-25/h5-9,19,22,25,27-29,35H,10-11,13-14,16-18,20-21H2,1-4H3/t27-,28+,29+,35-,36-/m0/s1. The minimum atomic E-state index is -0.333. The van der Waals surface area contributed by atoms with Crippen molar-refractivity contribution in [3.8, 4) is 29.1 Å². The van der Waals surface area contributed by atoms with Crippen LogP contribution in [0.15, 0.2) is 36.4 Å². The Morgan fingerprint density at radius 2 is 1.93 bits per heavy atom. The molecule has 0 radical (unpaired) electrons. The molecule has 1 spiro atoms. The highest BCUT2D eigenvalue weighted by atomic mass is 16.5. The summed E-state index contributed by atoms with van der Waals surface area (Å²) in [5.41, 5.74) is 2.80. The van der Waals surface area contributed by atoms with Crippen LogP contribution in [0.25, 0.3) is 0 Å². The summed E-state index contributed by atoms with van der Waals surface area (Å²) < 4.78 is 18.8. The zero-order valence-corrected chi connectivity index (χ0v) is 25.7. The Hall–Kier alpha value is -3.50. The first-order valence-electron chi connectivity index (χ1n) is 16.0. The van der Waals surface area contributed by atoms with Gasteiger partial charge in [0.1, 0.15) is 11.9 Å². The van der Waals surface area contributed by atoms with E-state index in [2.05, 4.69) is 30.6 Å². The predicted octanol–water partition coefficient (Wildman–Crippen LogP) is 4.97. The van der Waals surface area contributed by atoms with Gasteiger partial charge in [0.2, 0.25) is 0 Å². The largest absolute Gasteiger partial charge is 0.493 e. The number of benzene rings is 2. The highest BCUT2D eigenvalue weighted by molar-refractivity contribution is 5.94. The number of hydrogen-bond donors (Lipinski definition) is 0. The molecule has 2 aromatic carbocycles. The lowest BCUT2D eigenvalue weighted by atomic mass is 9.50. The molecular weight excluding hydrogens is 540 g/mol. The van der Waals surface area contributed by atoms with Gasteiger partial charge >= 0.3 is 5.97 Å². The topological polar surface area (TPSA) is 68.3 Å². The fraction of sp³-hybridized carbons (Fsp3) is 0.556. The summed E-state index contributed by atoms with van der Waals surface area (Å²) in [5.74, 6) is 9.03. The maximum atomic E-state index is 13.9. The van der Waals surface area contributed by atoms with Crippen LogP contribution in [0, 0.1) is 29.6 Å². The monoisotopic (exact) mass is 582 g/mol. The normalized spacial score (nSPS) is 28.3. The van der Waals surface area contributed by atoms with Gasteiger partial charge in [-0.15, -0.1) is 0 Å².